The van der Waals surface area contributed by atoms with Crippen molar-refractivity contribution in [3.63, 3.8) is 0 Å². The number of rotatable bonds is 11. The Morgan fingerprint density at radius 3 is 1.97 bits per heavy atom. The van der Waals surface area contributed by atoms with Gasteiger partial charge in [-0.3, -0.25) is 9.59 Å². The first-order chi connectivity index (χ1) is 17.7. The fourth-order valence-electron chi connectivity index (χ4n) is 3.66. The van der Waals surface area contributed by atoms with Gasteiger partial charge in [0.1, 0.15) is 12.4 Å². The number of hydrogen-bond donors (Lipinski definition) is 3. The molecule has 0 aliphatic heterocycles. The van der Waals surface area contributed by atoms with Crippen LogP contribution in [-0.4, -0.2) is 18.4 Å². The number of anilines is 3. The van der Waals surface area contributed by atoms with Crippen LogP contribution in [0.4, 0.5) is 17.1 Å². The quantitative estimate of drug-likeness (QED) is 0.251. The summed E-state index contributed by atoms with van der Waals surface area (Å²) in [5.41, 5.74) is 4.17. The molecule has 4 aromatic rings. The maximum atomic E-state index is 12.6. The van der Waals surface area contributed by atoms with Gasteiger partial charge in [-0.25, -0.2) is 0 Å². The zero-order chi connectivity index (χ0) is 25.0. The van der Waals surface area contributed by atoms with Gasteiger partial charge in [0.2, 0.25) is 11.8 Å². The minimum atomic E-state index is -0.208. The van der Waals surface area contributed by atoms with E-state index >= 15 is 0 Å². The summed E-state index contributed by atoms with van der Waals surface area (Å²) < 4.78 is 5.94. The number of carbonyl (C=O) groups is 2. The van der Waals surface area contributed by atoms with Crippen molar-refractivity contribution in [1.82, 2.24) is 0 Å². The van der Waals surface area contributed by atoms with Crippen molar-refractivity contribution in [3.05, 3.63) is 120 Å². The lowest BCUT2D eigenvalue weighted by atomic mass is 10.1. The van der Waals surface area contributed by atoms with Gasteiger partial charge in [-0.2, -0.15) is 0 Å². The molecule has 0 heterocycles. The second-order valence-corrected chi connectivity index (χ2v) is 8.29. The number of nitrogens with one attached hydrogen (secondary N) is 3. The van der Waals surface area contributed by atoms with Crippen molar-refractivity contribution in [2.75, 3.05) is 22.5 Å². The number of aryl methyl sites for hydroxylation is 1. The van der Waals surface area contributed by atoms with E-state index in [9.17, 15) is 9.59 Å². The van der Waals surface area contributed by atoms with Crippen molar-refractivity contribution in [1.29, 1.82) is 0 Å². The molecule has 4 rings (SSSR count). The third-order valence-corrected chi connectivity index (χ3v) is 5.48. The van der Waals surface area contributed by atoms with Gasteiger partial charge in [0.05, 0.1) is 12.2 Å². The molecule has 0 unspecified atom stereocenters. The number of hydrogen-bond acceptors (Lipinski definition) is 4. The predicted octanol–water partition coefficient (Wildman–Crippen LogP) is 5.89. The van der Waals surface area contributed by atoms with Gasteiger partial charge in [0.25, 0.3) is 0 Å². The highest BCUT2D eigenvalue weighted by Crippen LogP contribution is 2.24. The molecule has 0 saturated heterocycles. The fourth-order valence-corrected chi connectivity index (χ4v) is 3.66. The largest absolute Gasteiger partial charge is 0.487 e. The summed E-state index contributed by atoms with van der Waals surface area (Å²) in [5, 5.41) is 8.91. The van der Waals surface area contributed by atoms with Gasteiger partial charge in [-0.15, -0.1) is 0 Å². The van der Waals surface area contributed by atoms with Crippen molar-refractivity contribution < 1.29 is 14.3 Å². The molecule has 0 aliphatic carbocycles. The average molecular weight is 480 g/mol. The van der Waals surface area contributed by atoms with Gasteiger partial charge in [0.15, 0.2) is 0 Å². The highest BCUT2D eigenvalue weighted by Gasteiger charge is 2.08. The van der Waals surface area contributed by atoms with Crippen LogP contribution in [0.5, 0.6) is 5.75 Å². The minimum absolute atomic E-state index is 0.0688. The first-order valence-corrected chi connectivity index (χ1v) is 11.9. The molecule has 0 atom stereocenters. The SMILES string of the molecule is O=C(CCc1ccccc1)Nc1cccc(NC(=O)CNc2ccccc2OCc2ccccc2)c1. The lowest BCUT2D eigenvalue weighted by Crippen LogP contribution is -2.22. The zero-order valence-electron chi connectivity index (χ0n) is 19.9. The smallest absolute Gasteiger partial charge is 0.243 e. The van der Waals surface area contributed by atoms with E-state index in [0.29, 0.717) is 36.6 Å². The fraction of sp³-hybridized carbons (Fsp3) is 0.133. The van der Waals surface area contributed by atoms with E-state index in [2.05, 4.69) is 16.0 Å². The summed E-state index contributed by atoms with van der Waals surface area (Å²) >= 11 is 0. The first-order valence-electron chi connectivity index (χ1n) is 11.9. The number of para-hydroxylation sites is 2. The van der Waals surface area contributed by atoms with Gasteiger partial charge in [-0.05, 0) is 47.9 Å². The van der Waals surface area contributed by atoms with Gasteiger partial charge in [0, 0.05) is 17.8 Å². The van der Waals surface area contributed by atoms with Crippen LogP contribution in [-0.2, 0) is 22.6 Å². The van der Waals surface area contributed by atoms with E-state index in [4.69, 9.17) is 4.74 Å². The van der Waals surface area contributed by atoms with Crippen LogP contribution in [0.3, 0.4) is 0 Å². The van der Waals surface area contributed by atoms with E-state index in [1.807, 2.05) is 84.9 Å². The molecule has 36 heavy (non-hydrogen) atoms. The van der Waals surface area contributed by atoms with E-state index in [1.165, 1.54) is 0 Å². The summed E-state index contributed by atoms with van der Waals surface area (Å²) in [6, 6.07) is 34.5. The highest BCUT2D eigenvalue weighted by atomic mass is 16.5. The number of ether oxygens (including phenoxy) is 1. The van der Waals surface area contributed by atoms with Crippen LogP contribution in [0.15, 0.2) is 109 Å². The third-order valence-electron chi connectivity index (χ3n) is 5.48. The summed E-state index contributed by atoms with van der Waals surface area (Å²) in [4.78, 5) is 24.9. The van der Waals surface area contributed by atoms with Gasteiger partial charge >= 0.3 is 0 Å². The third kappa shape index (κ3) is 7.74. The van der Waals surface area contributed by atoms with Crippen LogP contribution in [0.25, 0.3) is 0 Å². The molecule has 0 radical (unpaired) electrons. The summed E-state index contributed by atoms with van der Waals surface area (Å²) in [5.74, 6) is 0.394. The molecular formula is C30H29N3O3. The Hall–Kier alpha value is -4.58. The van der Waals surface area contributed by atoms with Crippen molar-refractivity contribution in [2.24, 2.45) is 0 Å². The molecule has 0 aromatic heterocycles. The molecule has 6 nitrogen and oxygen atoms in total. The van der Waals surface area contributed by atoms with Crippen LogP contribution in [0.2, 0.25) is 0 Å². The van der Waals surface area contributed by atoms with Crippen molar-refractivity contribution in [2.45, 2.75) is 19.4 Å². The van der Waals surface area contributed by atoms with Crippen LogP contribution in [0, 0.1) is 0 Å². The Bertz CT molecular complexity index is 1280. The lowest BCUT2D eigenvalue weighted by molar-refractivity contribution is -0.116. The number of benzene rings is 4. The highest BCUT2D eigenvalue weighted by molar-refractivity contribution is 5.96. The molecule has 0 bridgehead atoms. The molecule has 0 aliphatic rings. The van der Waals surface area contributed by atoms with Gasteiger partial charge in [-0.1, -0.05) is 78.9 Å². The topological polar surface area (TPSA) is 79.5 Å². The maximum Gasteiger partial charge on any atom is 0.243 e. The average Bonchev–Trinajstić information content (AvgIpc) is 2.91. The molecule has 4 aromatic carbocycles. The molecule has 0 saturated carbocycles. The summed E-state index contributed by atoms with van der Waals surface area (Å²) in [7, 11) is 0. The molecule has 2 amide bonds. The minimum Gasteiger partial charge on any atom is -0.487 e. The van der Waals surface area contributed by atoms with Crippen LogP contribution < -0.4 is 20.7 Å². The second-order valence-electron chi connectivity index (χ2n) is 8.29. The molecule has 6 heteroatoms. The van der Waals surface area contributed by atoms with E-state index in [0.717, 1.165) is 16.8 Å². The Morgan fingerprint density at radius 2 is 1.25 bits per heavy atom. The number of carbonyl (C=O) groups excluding carboxylic acids is 2. The van der Waals surface area contributed by atoms with E-state index < -0.39 is 0 Å². The Balaban J connectivity index is 1.26. The molecule has 0 spiro atoms. The Labute approximate surface area is 211 Å². The number of amides is 2. The van der Waals surface area contributed by atoms with Crippen LogP contribution in [0.1, 0.15) is 17.5 Å². The summed E-state index contributed by atoms with van der Waals surface area (Å²) in [6.45, 7) is 0.509. The standard InChI is InChI=1S/C30H29N3O3/c34-29(19-18-23-10-3-1-4-11-23)32-25-14-9-15-26(20-25)33-30(35)21-31-27-16-7-8-17-28(27)36-22-24-12-5-2-6-13-24/h1-17,20,31H,18-19,21-22H2,(H,32,34)(H,33,35). The lowest BCUT2D eigenvalue weighted by Gasteiger charge is -2.14. The van der Waals surface area contributed by atoms with Crippen molar-refractivity contribution >= 4 is 28.9 Å². The second kappa shape index (κ2) is 12.8. The normalized spacial score (nSPS) is 10.3. The zero-order valence-corrected chi connectivity index (χ0v) is 19.9. The van der Waals surface area contributed by atoms with Crippen LogP contribution >= 0.6 is 0 Å². The molecule has 3 N–H and O–H groups in total. The monoisotopic (exact) mass is 479 g/mol. The Morgan fingerprint density at radius 1 is 0.639 bits per heavy atom. The maximum absolute atomic E-state index is 12.6. The van der Waals surface area contributed by atoms with Gasteiger partial charge < -0.3 is 20.7 Å². The first kappa shape index (κ1) is 24.5. The predicted molar refractivity (Wildman–Crippen MR) is 144 cm³/mol. The molecule has 182 valence electrons. The van der Waals surface area contributed by atoms with E-state index in [-0.39, 0.29) is 18.4 Å². The summed E-state index contributed by atoms with van der Waals surface area (Å²) in [6.07, 6.45) is 1.06. The van der Waals surface area contributed by atoms with E-state index in [1.54, 1.807) is 24.3 Å². The Kier molecular flexibility index (Phi) is 8.70. The molecule has 0 fully saturated rings. The van der Waals surface area contributed by atoms with Crippen molar-refractivity contribution in [3.8, 4) is 5.75 Å². The molecular weight excluding hydrogens is 450 g/mol.